The highest BCUT2D eigenvalue weighted by molar-refractivity contribution is 6.02. The van der Waals surface area contributed by atoms with Crippen LogP contribution in [-0.4, -0.2) is 15.7 Å². The molecule has 6 nitrogen and oxygen atoms in total. The predicted octanol–water partition coefficient (Wildman–Crippen LogP) is 5.25. The summed E-state index contributed by atoms with van der Waals surface area (Å²) in [5.74, 6) is 0.0312. The van der Waals surface area contributed by atoms with Crippen LogP contribution in [0.1, 0.15) is 33.3 Å². The number of halogens is 2. The summed E-state index contributed by atoms with van der Waals surface area (Å²) >= 11 is 0. The second-order valence-electron chi connectivity index (χ2n) is 7.29. The third-order valence-corrected chi connectivity index (χ3v) is 4.95. The van der Waals surface area contributed by atoms with Crippen molar-refractivity contribution >= 4 is 11.6 Å². The Bertz CT molecular complexity index is 1230. The molecule has 8 heteroatoms. The number of anilines is 1. The summed E-state index contributed by atoms with van der Waals surface area (Å²) in [6, 6.07) is 15.0. The fourth-order valence-electron chi connectivity index (χ4n) is 3.23. The van der Waals surface area contributed by atoms with E-state index < -0.39 is 5.91 Å². The number of aromatic nitrogens is 2. The molecule has 1 amide bonds. The molecular formula is C24H21F2N3O3. The average molecular weight is 437 g/mol. The summed E-state index contributed by atoms with van der Waals surface area (Å²) in [6.07, 6.45) is 0. The third-order valence-electron chi connectivity index (χ3n) is 4.95. The molecule has 164 valence electrons. The summed E-state index contributed by atoms with van der Waals surface area (Å²) in [5, 5.41) is 7.32. The minimum absolute atomic E-state index is 0.104. The first kappa shape index (κ1) is 21.3. The molecule has 0 aliphatic carbocycles. The van der Waals surface area contributed by atoms with Crippen LogP contribution in [0.4, 0.5) is 14.5 Å². The highest BCUT2D eigenvalue weighted by Crippen LogP contribution is 2.22. The Labute approximate surface area is 183 Å². The van der Waals surface area contributed by atoms with Crippen molar-refractivity contribution < 1.29 is 22.7 Å². The van der Waals surface area contributed by atoms with E-state index in [4.69, 9.17) is 9.15 Å². The number of hydrogen-bond donors (Lipinski definition) is 1. The van der Waals surface area contributed by atoms with Crippen molar-refractivity contribution in [2.45, 2.75) is 27.0 Å². The SMILES string of the molecule is Cc1nn(Cc2ccc(F)cc2)c(C)c1NC(=O)c1ccc(COc2ccc(F)cc2)o1. The summed E-state index contributed by atoms with van der Waals surface area (Å²) in [7, 11) is 0. The smallest absolute Gasteiger partial charge is 0.291 e. The lowest BCUT2D eigenvalue weighted by Crippen LogP contribution is -2.12. The third kappa shape index (κ3) is 4.85. The summed E-state index contributed by atoms with van der Waals surface area (Å²) < 4.78 is 39.0. The lowest BCUT2D eigenvalue weighted by atomic mass is 10.2. The Morgan fingerprint density at radius 1 is 1.00 bits per heavy atom. The van der Waals surface area contributed by atoms with Gasteiger partial charge in [0.2, 0.25) is 0 Å². The predicted molar refractivity (Wildman–Crippen MR) is 115 cm³/mol. The van der Waals surface area contributed by atoms with Crippen molar-refractivity contribution in [3.05, 3.63) is 101 Å². The number of nitrogens with zero attached hydrogens (tertiary/aromatic N) is 2. The van der Waals surface area contributed by atoms with E-state index in [0.717, 1.165) is 11.3 Å². The van der Waals surface area contributed by atoms with Gasteiger partial charge < -0.3 is 14.5 Å². The molecule has 2 aromatic heterocycles. The van der Waals surface area contributed by atoms with E-state index in [1.54, 1.807) is 35.9 Å². The lowest BCUT2D eigenvalue weighted by molar-refractivity contribution is 0.0992. The van der Waals surface area contributed by atoms with E-state index in [1.165, 1.54) is 36.4 Å². The van der Waals surface area contributed by atoms with Crippen molar-refractivity contribution in [2.75, 3.05) is 5.32 Å². The standard InChI is InChI=1S/C24H21F2N3O3/c1-15-23(16(2)29(28-15)13-17-3-5-18(25)6-4-17)27-24(30)22-12-11-21(32-22)14-31-20-9-7-19(26)8-10-20/h3-12H,13-14H2,1-2H3,(H,27,30). The first-order valence-corrected chi connectivity index (χ1v) is 9.96. The first-order chi connectivity index (χ1) is 15.4. The molecule has 0 radical (unpaired) electrons. The Morgan fingerprint density at radius 3 is 2.34 bits per heavy atom. The minimum Gasteiger partial charge on any atom is -0.486 e. The van der Waals surface area contributed by atoms with E-state index in [-0.39, 0.29) is 24.0 Å². The monoisotopic (exact) mass is 437 g/mol. The molecule has 0 saturated carbocycles. The molecule has 0 saturated heterocycles. The van der Waals surface area contributed by atoms with Crippen LogP contribution in [0.2, 0.25) is 0 Å². The second kappa shape index (κ2) is 9.05. The molecule has 32 heavy (non-hydrogen) atoms. The highest BCUT2D eigenvalue weighted by atomic mass is 19.1. The number of hydrogen-bond acceptors (Lipinski definition) is 4. The molecule has 2 heterocycles. The molecule has 0 fully saturated rings. The maximum Gasteiger partial charge on any atom is 0.291 e. The van der Waals surface area contributed by atoms with Crippen LogP contribution < -0.4 is 10.1 Å². The van der Waals surface area contributed by atoms with Crippen molar-refractivity contribution in [1.29, 1.82) is 0 Å². The maximum atomic E-state index is 13.1. The largest absolute Gasteiger partial charge is 0.486 e. The van der Waals surface area contributed by atoms with Crippen molar-refractivity contribution in [1.82, 2.24) is 9.78 Å². The van der Waals surface area contributed by atoms with Crippen molar-refractivity contribution in [2.24, 2.45) is 0 Å². The van der Waals surface area contributed by atoms with Gasteiger partial charge in [-0.25, -0.2) is 8.78 Å². The van der Waals surface area contributed by atoms with E-state index in [1.807, 2.05) is 6.92 Å². The quantitative estimate of drug-likeness (QED) is 0.429. The molecule has 0 bridgehead atoms. The van der Waals surface area contributed by atoms with Gasteiger partial charge in [-0.1, -0.05) is 12.1 Å². The van der Waals surface area contributed by atoms with Crippen LogP contribution in [0.5, 0.6) is 5.75 Å². The van der Waals surface area contributed by atoms with Crippen LogP contribution in [-0.2, 0) is 13.2 Å². The van der Waals surface area contributed by atoms with Crippen LogP contribution in [0.25, 0.3) is 0 Å². The van der Waals surface area contributed by atoms with Crippen LogP contribution >= 0.6 is 0 Å². The van der Waals surface area contributed by atoms with E-state index in [9.17, 15) is 13.6 Å². The summed E-state index contributed by atoms with van der Waals surface area (Å²) in [6.45, 7) is 4.21. The molecule has 0 aliphatic heterocycles. The number of ether oxygens (including phenoxy) is 1. The number of furan rings is 1. The van der Waals surface area contributed by atoms with Gasteiger partial charge >= 0.3 is 0 Å². The fraction of sp³-hybridized carbons (Fsp3) is 0.167. The molecule has 4 aromatic rings. The maximum absolute atomic E-state index is 13.1. The Balaban J connectivity index is 1.41. The fourth-order valence-corrected chi connectivity index (χ4v) is 3.23. The molecule has 4 rings (SSSR count). The first-order valence-electron chi connectivity index (χ1n) is 9.96. The molecule has 0 spiro atoms. The number of nitrogens with one attached hydrogen (secondary N) is 1. The van der Waals surface area contributed by atoms with Crippen molar-refractivity contribution in [3.63, 3.8) is 0 Å². The topological polar surface area (TPSA) is 69.3 Å². The Kier molecular flexibility index (Phi) is 6.02. The normalized spacial score (nSPS) is 10.9. The van der Waals surface area contributed by atoms with Gasteiger partial charge in [-0.05, 0) is 67.9 Å². The van der Waals surface area contributed by atoms with Gasteiger partial charge in [-0.2, -0.15) is 5.10 Å². The summed E-state index contributed by atoms with van der Waals surface area (Å²) in [5.41, 5.74) is 2.92. The molecule has 0 atom stereocenters. The van der Waals surface area contributed by atoms with Crippen LogP contribution in [0.15, 0.2) is 65.1 Å². The number of carbonyl (C=O) groups is 1. The Morgan fingerprint density at radius 2 is 1.66 bits per heavy atom. The molecular weight excluding hydrogens is 416 g/mol. The molecule has 1 N–H and O–H groups in total. The second-order valence-corrected chi connectivity index (χ2v) is 7.29. The number of amides is 1. The van der Waals surface area contributed by atoms with Crippen LogP contribution in [0, 0.1) is 25.5 Å². The van der Waals surface area contributed by atoms with E-state index in [0.29, 0.717) is 29.4 Å². The molecule has 0 aliphatic rings. The van der Waals surface area contributed by atoms with Gasteiger partial charge in [0.15, 0.2) is 5.76 Å². The number of rotatable bonds is 7. The average Bonchev–Trinajstić information content (AvgIpc) is 3.35. The van der Waals surface area contributed by atoms with Gasteiger partial charge in [0, 0.05) is 0 Å². The number of carbonyl (C=O) groups excluding carboxylic acids is 1. The van der Waals surface area contributed by atoms with Gasteiger partial charge in [-0.15, -0.1) is 0 Å². The number of benzene rings is 2. The zero-order chi connectivity index (χ0) is 22.7. The zero-order valence-corrected chi connectivity index (χ0v) is 17.6. The lowest BCUT2D eigenvalue weighted by Gasteiger charge is -2.07. The number of aryl methyl sites for hydroxylation is 1. The van der Waals surface area contributed by atoms with Gasteiger partial charge in [0.05, 0.1) is 23.6 Å². The van der Waals surface area contributed by atoms with Gasteiger partial charge in [-0.3, -0.25) is 9.48 Å². The zero-order valence-electron chi connectivity index (χ0n) is 17.6. The van der Waals surface area contributed by atoms with E-state index in [2.05, 4.69) is 10.4 Å². The van der Waals surface area contributed by atoms with E-state index >= 15 is 0 Å². The van der Waals surface area contributed by atoms with Crippen molar-refractivity contribution in [3.8, 4) is 5.75 Å². The van der Waals surface area contributed by atoms with Gasteiger partial charge in [0.1, 0.15) is 29.8 Å². The van der Waals surface area contributed by atoms with Crippen LogP contribution in [0.3, 0.4) is 0 Å². The summed E-state index contributed by atoms with van der Waals surface area (Å²) in [4.78, 5) is 12.7. The minimum atomic E-state index is -0.412. The Hall–Kier alpha value is -3.94. The molecule has 0 unspecified atom stereocenters. The molecule has 2 aromatic carbocycles. The highest BCUT2D eigenvalue weighted by Gasteiger charge is 2.18. The van der Waals surface area contributed by atoms with Gasteiger partial charge in [0.25, 0.3) is 5.91 Å².